The average Bonchev–Trinajstić information content (AvgIpc) is 3.22. The number of alkyl halides is 3. The summed E-state index contributed by atoms with van der Waals surface area (Å²) in [5.74, 6) is 0.121. The average molecular weight is 433 g/mol. The van der Waals surface area contributed by atoms with Gasteiger partial charge in [0.1, 0.15) is 0 Å². The number of amides is 1. The van der Waals surface area contributed by atoms with Crippen molar-refractivity contribution in [2.24, 2.45) is 0 Å². The summed E-state index contributed by atoms with van der Waals surface area (Å²) in [5.41, 5.74) is 1.85. The fourth-order valence-corrected chi connectivity index (χ4v) is 4.24. The number of aromatic nitrogens is 1. The van der Waals surface area contributed by atoms with Crippen molar-refractivity contribution >= 4 is 5.91 Å². The quantitative estimate of drug-likeness (QED) is 0.722. The van der Waals surface area contributed by atoms with Gasteiger partial charge in [0, 0.05) is 25.2 Å². The minimum Gasteiger partial charge on any atom is -0.378 e. The second-order valence-electron chi connectivity index (χ2n) is 8.05. The Kier molecular flexibility index (Phi) is 6.57. The van der Waals surface area contributed by atoms with E-state index >= 15 is 0 Å². The summed E-state index contributed by atoms with van der Waals surface area (Å²) in [7, 11) is 0. The smallest absolute Gasteiger partial charge is 0.378 e. The Morgan fingerprint density at radius 1 is 1.06 bits per heavy atom. The van der Waals surface area contributed by atoms with Crippen LogP contribution in [-0.2, 0) is 22.1 Å². The predicted octanol–water partition coefficient (Wildman–Crippen LogP) is 3.69. The Balaban J connectivity index is 1.42. The third-order valence-corrected chi connectivity index (χ3v) is 5.90. The van der Waals surface area contributed by atoms with E-state index in [2.05, 4.69) is 4.90 Å². The molecule has 2 aliphatic heterocycles. The first-order chi connectivity index (χ1) is 14.9. The highest BCUT2D eigenvalue weighted by Crippen LogP contribution is 2.31. The summed E-state index contributed by atoms with van der Waals surface area (Å²) < 4.78 is 43.6. The number of rotatable bonds is 5. The molecule has 2 saturated heterocycles. The molecule has 8 heteroatoms. The molecule has 2 aromatic rings. The standard InChI is InChI=1S/C23H26F3N3O2/c24-23(25,26)18-8-6-17(7-9-18)15-19-3-1-4-20(27-19)21-5-2-10-29(21)16-22(30)28-11-13-31-14-12-28/h1,3-4,6-9,21H,2,5,10-16H2/t21-/m0/s1. The Labute approximate surface area is 179 Å². The first kappa shape index (κ1) is 21.8. The van der Waals surface area contributed by atoms with Crippen molar-refractivity contribution < 1.29 is 22.7 Å². The molecule has 1 aromatic heterocycles. The molecule has 5 nitrogen and oxygen atoms in total. The number of benzene rings is 1. The zero-order valence-corrected chi connectivity index (χ0v) is 17.3. The van der Waals surface area contributed by atoms with E-state index in [9.17, 15) is 18.0 Å². The maximum atomic E-state index is 12.8. The molecule has 4 rings (SSSR count). The highest BCUT2D eigenvalue weighted by atomic mass is 19.4. The Morgan fingerprint density at radius 3 is 2.52 bits per heavy atom. The van der Waals surface area contributed by atoms with Gasteiger partial charge < -0.3 is 9.64 Å². The first-order valence-corrected chi connectivity index (χ1v) is 10.6. The number of halogens is 3. The summed E-state index contributed by atoms with van der Waals surface area (Å²) in [4.78, 5) is 21.5. The number of nitrogens with zero attached hydrogens (tertiary/aromatic N) is 3. The molecule has 1 aromatic carbocycles. The molecule has 3 heterocycles. The molecule has 2 fully saturated rings. The number of pyridine rings is 1. The van der Waals surface area contributed by atoms with Crippen LogP contribution in [0.1, 0.15) is 41.4 Å². The van der Waals surface area contributed by atoms with Gasteiger partial charge in [-0.3, -0.25) is 14.7 Å². The number of likely N-dealkylation sites (tertiary alicyclic amines) is 1. The van der Waals surface area contributed by atoms with Gasteiger partial charge >= 0.3 is 6.18 Å². The lowest BCUT2D eigenvalue weighted by Crippen LogP contribution is -2.45. The van der Waals surface area contributed by atoms with E-state index in [1.165, 1.54) is 12.1 Å². The maximum Gasteiger partial charge on any atom is 0.416 e. The maximum absolute atomic E-state index is 12.8. The van der Waals surface area contributed by atoms with Gasteiger partial charge in [-0.1, -0.05) is 18.2 Å². The Hall–Kier alpha value is -2.45. The van der Waals surface area contributed by atoms with E-state index in [0.29, 0.717) is 39.3 Å². The van der Waals surface area contributed by atoms with Crippen molar-refractivity contribution in [1.29, 1.82) is 0 Å². The van der Waals surface area contributed by atoms with Gasteiger partial charge in [-0.2, -0.15) is 13.2 Å². The van der Waals surface area contributed by atoms with Crippen molar-refractivity contribution in [2.45, 2.75) is 31.5 Å². The van der Waals surface area contributed by atoms with Crippen molar-refractivity contribution in [2.75, 3.05) is 39.4 Å². The molecule has 0 bridgehead atoms. The SMILES string of the molecule is O=C(CN1CCC[C@H]1c1cccc(Cc2ccc(C(F)(F)F)cc2)n1)N1CCOCC1. The fraction of sp³-hybridized carbons (Fsp3) is 0.478. The monoisotopic (exact) mass is 433 g/mol. The topological polar surface area (TPSA) is 45.7 Å². The van der Waals surface area contributed by atoms with Crippen molar-refractivity contribution in [3.63, 3.8) is 0 Å². The highest BCUT2D eigenvalue weighted by Gasteiger charge is 2.31. The van der Waals surface area contributed by atoms with E-state index in [1.54, 1.807) is 0 Å². The van der Waals surface area contributed by atoms with Crippen LogP contribution < -0.4 is 0 Å². The molecule has 31 heavy (non-hydrogen) atoms. The van der Waals surface area contributed by atoms with E-state index < -0.39 is 11.7 Å². The molecule has 0 radical (unpaired) electrons. The molecule has 0 aliphatic carbocycles. The Bertz CT molecular complexity index is 896. The molecule has 166 valence electrons. The second kappa shape index (κ2) is 9.36. The molecule has 0 saturated carbocycles. The zero-order valence-electron chi connectivity index (χ0n) is 17.3. The van der Waals surface area contributed by atoms with E-state index in [-0.39, 0.29) is 11.9 Å². The molecule has 2 aliphatic rings. The van der Waals surface area contributed by atoms with Crippen molar-refractivity contribution in [3.8, 4) is 0 Å². The lowest BCUT2D eigenvalue weighted by molar-refractivity contribution is -0.138. The van der Waals surface area contributed by atoms with Crippen LogP contribution in [0.5, 0.6) is 0 Å². The van der Waals surface area contributed by atoms with Crippen LogP contribution in [0.15, 0.2) is 42.5 Å². The van der Waals surface area contributed by atoms with E-state index in [1.807, 2.05) is 23.1 Å². The van der Waals surface area contributed by atoms with E-state index in [4.69, 9.17) is 9.72 Å². The van der Waals surface area contributed by atoms with Crippen LogP contribution in [0.25, 0.3) is 0 Å². The van der Waals surface area contributed by atoms with Crippen LogP contribution in [-0.4, -0.2) is 60.1 Å². The normalized spacial score (nSPS) is 20.2. The number of carbonyl (C=O) groups excluding carboxylic acids is 1. The summed E-state index contributed by atoms with van der Waals surface area (Å²) in [6, 6.07) is 11.1. The highest BCUT2D eigenvalue weighted by molar-refractivity contribution is 5.78. The lowest BCUT2D eigenvalue weighted by Gasteiger charge is -2.30. The molecule has 1 amide bonds. The zero-order chi connectivity index (χ0) is 21.8. The Morgan fingerprint density at radius 2 is 1.81 bits per heavy atom. The number of ether oxygens (including phenoxy) is 1. The minimum absolute atomic E-state index is 0.0811. The van der Waals surface area contributed by atoms with Gasteiger partial charge in [-0.25, -0.2) is 0 Å². The lowest BCUT2D eigenvalue weighted by atomic mass is 10.1. The van der Waals surface area contributed by atoms with Gasteiger partial charge in [0.15, 0.2) is 0 Å². The van der Waals surface area contributed by atoms with Crippen LogP contribution >= 0.6 is 0 Å². The van der Waals surface area contributed by atoms with Crippen molar-refractivity contribution in [3.05, 3.63) is 65.0 Å². The van der Waals surface area contributed by atoms with Crippen LogP contribution in [0, 0.1) is 0 Å². The van der Waals surface area contributed by atoms with Gasteiger partial charge in [0.25, 0.3) is 0 Å². The number of hydrogen-bond acceptors (Lipinski definition) is 4. The van der Waals surface area contributed by atoms with Gasteiger partial charge in [-0.15, -0.1) is 0 Å². The summed E-state index contributed by atoms with van der Waals surface area (Å²) in [6.07, 6.45) is -1.92. The van der Waals surface area contributed by atoms with Crippen molar-refractivity contribution in [1.82, 2.24) is 14.8 Å². The van der Waals surface area contributed by atoms with Crippen LogP contribution in [0.2, 0.25) is 0 Å². The van der Waals surface area contributed by atoms with E-state index in [0.717, 1.165) is 48.5 Å². The molecule has 0 unspecified atom stereocenters. The minimum atomic E-state index is -4.33. The third-order valence-electron chi connectivity index (χ3n) is 5.90. The third kappa shape index (κ3) is 5.43. The van der Waals surface area contributed by atoms with Gasteiger partial charge in [0.05, 0.1) is 37.1 Å². The summed E-state index contributed by atoms with van der Waals surface area (Å²) in [5, 5.41) is 0. The largest absolute Gasteiger partial charge is 0.416 e. The van der Waals surface area contributed by atoms with Gasteiger partial charge in [0.2, 0.25) is 5.91 Å². The molecule has 1 atom stereocenters. The van der Waals surface area contributed by atoms with Crippen LogP contribution in [0.4, 0.5) is 13.2 Å². The fourth-order valence-electron chi connectivity index (χ4n) is 4.24. The molecular formula is C23H26F3N3O2. The molecule has 0 N–H and O–H groups in total. The second-order valence-corrected chi connectivity index (χ2v) is 8.05. The number of carbonyl (C=O) groups is 1. The number of hydrogen-bond donors (Lipinski definition) is 0. The first-order valence-electron chi connectivity index (χ1n) is 10.6. The molecular weight excluding hydrogens is 407 g/mol. The van der Waals surface area contributed by atoms with Crippen LogP contribution in [0.3, 0.4) is 0 Å². The summed E-state index contributed by atoms with van der Waals surface area (Å²) in [6.45, 7) is 3.67. The number of morpholine rings is 1. The molecule has 0 spiro atoms. The summed E-state index contributed by atoms with van der Waals surface area (Å²) >= 11 is 0. The van der Waals surface area contributed by atoms with Gasteiger partial charge in [-0.05, 0) is 49.2 Å². The predicted molar refractivity (Wildman–Crippen MR) is 109 cm³/mol.